The van der Waals surface area contributed by atoms with Crippen LogP contribution >= 0.6 is 15.9 Å². The van der Waals surface area contributed by atoms with Crippen molar-refractivity contribution in [2.75, 3.05) is 43.4 Å². The number of β-amino-alcohol motifs (C(OH)–C–C–N with tert-alkyl or cyclic N) is 1. The molecule has 0 bridgehead atoms. The smallest absolute Gasteiger partial charge is 0.139 e. The molecule has 0 unspecified atom stereocenters. The van der Waals surface area contributed by atoms with Crippen LogP contribution in [-0.4, -0.2) is 48.3 Å². The number of aliphatic hydroxyl groups is 1. The maximum absolute atomic E-state index is 13.6. The van der Waals surface area contributed by atoms with Crippen molar-refractivity contribution in [3.63, 3.8) is 0 Å². The fraction of sp³-hybridized carbons (Fsp3) is 0.571. The van der Waals surface area contributed by atoms with Gasteiger partial charge in [-0.1, -0.05) is 0 Å². The molecule has 0 atom stereocenters. The molecule has 1 aliphatic rings. The molecule has 0 spiro atoms. The SMILES string of the molecule is CC(C)(O)CN1CCN(c2cc(F)c(Br)cc2N)CC1. The van der Waals surface area contributed by atoms with Gasteiger partial charge in [0, 0.05) is 38.8 Å². The van der Waals surface area contributed by atoms with Crippen molar-refractivity contribution in [1.82, 2.24) is 4.90 Å². The molecule has 0 saturated carbocycles. The molecule has 0 aliphatic carbocycles. The molecular formula is C14H21BrFN3O. The molecule has 0 amide bonds. The molecule has 1 aromatic carbocycles. The van der Waals surface area contributed by atoms with Crippen LogP contribution in [-0.2, 0) is 0 Å². The van der Waals surface area contributed by atoms with Gasteiger partial charge in [0.15, 0.2) is 0 Å². The minimum absolute atomic E-state index is 0.298. The Bertz CT molecular complexity index is 482. The Morgan fingerprint density at radius 1 is 1.30 bits per heavy atom. The zero-order valence-electron chi connectivity index (χ0n) is 11.9. The fourth-order valence-corrected chi connectivity index (χ4v) is 2.88. The number of hydrogen-bond acceptors (Lipinski definition) is 4. The normalized spacial score (nSPS) is 17.6. The number of anilines is 2. The first-order valence-corrected chi connectivity index (χ1v) is 7.50. The first-order valence-electron chi connectivity index (χ1n) is 6.70. The molecular weight excluding hydrogens is 325 g/mol. The summed E-state index contributed by atoms with van der Waals surface area (Å²) in [5.74, 6) is -0.298. The van der Waals surface area contributed by atoms with Crippen LogP contribution in [0.5, 0.6) is 0 Å². The van der Waals surface area contributed by atoms with Gasteiger partial charge in [0.1, 0.15) is 5.82 Å². The van der Waals surface area contributed by atoms with Crippen LogP contribution in [0.25, 0.3) is 0 Å². The largest absolute Gasteiger partial charge is 0.397 e. The Labute approximate surface area is 127 Å². The number of hydrogen-bond donors (Lipinski definition) is 2. The van der Waals surface area contributed by atoms with Gasteiger partial charge in [-0.05, 0) is 35.8 Å². The van der Waals surface area contributed by atoms with Gasteiger partial charge < -0.3 is 15.7 Å². The van der Waals surface area contributed by atoms with Crippen LogP contribution in [0.4, 0.5) is 15.8 Å². The average Bonchev–Trinajstić information content (AvgIpc) is 2.33. The van der Waals surface area contributed by atoms with Crippen molar-refractivity contribution in [2.45, 2.75) is 19.4 Å². The second-order valence-corrected chi connectivity index (χ2v) is 6.76. The summed E-state index contributed by atoms with van der Waals surface area (Å²) in [6.45, 7) is 7.48. The summed E-state index contributed by atoms with van der Waals surface area (Å²) in [5, 5.41) is 9.83. The van der Waals surface area contributed by atoms with Crippen LogP contribution in [0.15, 0.2) is 16.6 Å². The molecule has 4 nitrogen and oxygen atoms in total. The van der Waals surface area contributed by atoms with Gasteiger partial charge in [-0.15, -0.1) is 0 Å². The third kappa shape index (κ3) is 3.84. The monoisotopic (exact) mass is 345 g/mol. The molecule has 0 aromatic heterocycles. The molecule has 20 heavy (non-hydrogen) atoms. The summed E-state index contributed by atoms with van der Waals surface area (Å²) in [6.07, 6.45) is 0. The topological polar surface area (TPSA) is 52.7 Å². The summed E-state index contributed by atoms with van der Waals surface area (Å²) >= 11 is 3.14. The molecule has 3 N–H and O–H groups in total. The minimum atomic E-state index is -0.690. The highest BCUT2D eigenvalue weighted by molar-refractivity contribution is 9.10. The molecule has 6 heteroatoms. The summed E-state index contributed by atoms with van der Waals surface area (Å²) in [4.78, 5) is 4.30. The van der Waals surface area contributed by atoms with E-state index < -0.39 is 5.60 Å². The molecule has 1 saturated heterocycles. The Balaban J connectivity index is 2.02. The van der Waals surface area contributed by atoms with Gasteiger partial charge in [0.2, 0.25) is 0 Å². The molecule has 0 radical (unpaired) electrons. The van der Waals surface area contributed by atoms with E-state index in [1.54, 1.807) is 6.07 Å². The van der Waals surface area contributed by atoms with E-state index in [0.29, 0.717) is 16.7 Å². The maximum atomic E-state index is 13.6. The number of nitrogens with zero attached hydrogens (tertiary/aromatic N) is 2. The number of benzene rings is 1. The van der Waals surface area contributed by atoms with Crippen molar-refractivity contribution in [3.8, 4) is 0 Å². The van der Waals surface area contributed by atoms with E-state index in [0.717, 1.165) is 31.9 Å². The maximum Gasteiger partial charge on any atom is 0.139 e. The van der Waals surface area contributed by atoms with E-state index in [1.165, 1.54) is 6.07 Å². The highest BCUT2D eigenvalue weighted by Gasteiger charge is 2.24. The van der Waals surface area contributed by atoms with Gasteiger partial charge >= 0.3 is 0 Å². The Morgan fingerprint density at radius 3 is 2.45 bits per heavy atom. The van der Waals surface area contributed by atoms with Crippen LogP contribution in [0.3, 0.4) is 0 Å². The van der Waals surface area contributed by atoms with Gasteiger partial charge in [-0.2, -0.15) is 0 Å². The van der Waals surface area contributed by atoms with E-state index in [-0.39, 0.29) is 5.82 Å². The van der Waals surface area contributed by atoms with E-state index in [2.05, 4.69) is 25.7 Å². The van der Waals surface area contributed by atoms with Crippen LogP contribution < -0.4 is 10.6 Å². The lowest BCUT2D eigenvalue weighted by Gasteiger charge is -2.38. The van der Waals surface area contributed by atoms with Gasteiger partial charge in [-0.25, -0.2) is 4.39 Å². The van der Waals surface area contributed by atoms with Crippen molar-refractivity contribution >= 4 is 27.3 Å². The zero-order chi connectivity index (χ0) is 14.9. The first kappa shape index (κ1) is 15.5. The predicted octanol–water partition coefficient (Wildman–Crippen LogP) is 2.06. The zero-order valence-corrected chi connectivity index (χ0v) is 13.5. The van der Waals surface area contributed by atoms with Gasteiger partial charge in [-0.3, -0.25) is 4.90 Å². The van der Waals surface area contributed by atoms with E-state index >= 15 is 0 Å². The fourth-order valence-electron chi connectivity index (χ4n) is 2.52. The Hall–Kier alpha value is -0.850. The lowest BCUT2D eigenvalue weighted by Crippen LogP contribution is -2.50. The summed E-state index contributed by atoms with van der Waals surface area (Å²) in [6, 6.07) is 3.08. The van der Waals surface area contributed by atoms with E-state index in [9.17, 15) is 9.50 Å². The second-order valence-electron chi connectivity index (χ2n) is 5.90. The standard InChI is InChI=1S/C14H21BrFN3O/c1-14(2,20)9-18-3-5-19(6-4-18)13-8-11(16)10(15)7-12(13)17/h7-8,20H,3-6,9,17H2,1-2H3. The first-order chi connectivity index (χ1) is 9.26. The summed E-state index contributed by atoms with van der Waals surface area (Å²) < 4.78 is 14.0. The average molecular weight is 346 g/mol. The van der Waals surface area contributed by atoms with Crippen molar-refractivity contribution < 1.29 is 9.50 Å². The van der Waals surface area contributed by atoms with Crippen molar-refractivity contribution in [3.05, 3.63) is 22.4 Å². The number of halogens is 2. The predicted molar refractivity (Wildman–Crippen MR) is 83.5 cm³/mol. The quantitative estimate of drug-likeness (QED) is 0.823. The van der Waals surface area contributed by atoms with Crippen LogP contribution in [0, 0.1) is 5.82 Å². The van der Waals surface area contributed by atoms with Gasteiger partial charge in [0.25, 0.3) is 0 Å². The molecule has 1 aromatic rings. The Kier molecular flexibility index (Phi) is 4.56. The molecule has 1 aliphatic heterocycles. The molecule has 112 valence electrons. The molecule has 1 heterocycles. The number of nitrogen functional groups attached to an aromatic ring is 1. The number of piperazine rings is 1. The van der Waals surface area contributed by atoms with Crippen molar-refractivity contribution in [1.29, 1.82) is 0 Å². The lowest BCUT2D eigenvalue weighted by atomic mass is 10.1. The lowest BCUT2D eigenvalue weighted by molar-refractivity contribution is 0.0345. The van der Waals surface area contributed by atoms with E-state index in [1.807, 2.05) is 13.8 Å². The van der Waals surface area contributed by atoms with E-state index in [4.69, 9.17) is 5.73 Å². The third-order valence-corrected chi connectivity index (χ3v) is 4.00. The highest BCUT2D eigenvalue weighted by atomic mass is 79.9. The number of nitrogens with two attached hydrogens (primary N) is 1. The Morgan fingerprint density at radius 2 is 1.90 bits per heavy atom. The molecule has 2 rings (SSSR count). The van der Waals surface area contributed by atoms with Crippen molar-refractivity contribution in [2.24, 2.45) is 0 Å². The summed E-state index contributed by atoms with van der Waals surface area (Å²) in [7, 11) is 0. The van der Waals surface area contributed by atoms with Crippen LogP contribution in [0.1, 0.15) is 13.8 Å². The number of rotatable bonds is 3. The summed E-state index contributed by atoms with van der Waals surface area (Å²) in [5.41, 5.74) is 6.60. The third-order valence-electron chi connectivity index (χ3n) is 3.39. The molecule has 1 fully saturated rings. The highest BCUT2D eigenvalue weighted by Crippen LogP contribution is 2.30. The van der Waals surface area contributed by atoms with Gasteiger partial charge in [0.05, 0.1) is 21.4 Å². The van der Waals surface area contributed by atoms with Crippen LogP contribution in [0.2, 0.25) is 0 Å². The minimum Gasteiger partial charge on any atom is -0.397 e. The second kappa shape index (κ2) is 5.87.